The van der Waals surface area contributed by atoms with Crippen molar-refractivity contribution in [1.82, 2.24) is 0 Å². The Balaban J connectivity index is 1.83. The summed E-state index contributed by atoms with van der Waals surface area (Å²) in [6, 6.07) is 16.4. The third-order valence-corrected chi connectivity index (χ3v) is 4.19. The van der Waals surface area contributed by atoms with Gasteiger partial charge in [0.1, 0.15) is 0 Å². The molecular formula is C18H21NOS. The molecule has 0 bridgehead atoms. The van der Waals surface area contributed by atoms with Crippen LogP contribution >= 0.6 is 11.8 Å². The van der Waals surface area contributed by atoms with E-state index < -0.39 is 0 Å². The lowest BCUT2D eigenvalue weighted by atomic mass is 10.1. The fourth-order valence-corrected chi connectivity index (χ4v) is 2.51. The Morgan fingerprint density at radius 3 is 2.19 bits per heavy atom. The van der Waals surface area contributed by atoms with E-state index in [1.165, 1.54) is 16.0 Å². The molecule has 0 radical (unpaired) electrons. The number of thioether (sulfide) groups is 1. The molecule has 0 unspecified atom stereocenters. The second-order valence-electron chi connectivity index (χ2n) is 4.95. The van der Waals surface area contributed by atoms with Crippen LogP contribution in [0.25, 0.3) is 0 Å². The maximum Gasteiger partial charge on any atom is 0.224 e. The van der Waals surface area contributed by atoms with Crippen molar-refractivity contribution >= 4 is 23.4 Å². The molecule has 0 heterocycles. The number of benzene rings is 2. The van der Waals surface area contributed by atoms with Crippen LogP contribution in [-0.4, -0.2) is 12.2 Å². The molecule has 0 saturated heterocycles. The Kier molecular flexibility index (Phi) is 5.88. The van der Waals surface area contributed by atoms with Crippen molar-refractivity contribution in [3.05, 3.63) is 59.7 Å². The van der Waals surface area contributed by atoms with Crippen molar-refractivity contribution in [1.29, 1.82) is 0 Å². The van der Waals surface area contributed by atoms with Gasteiger partial charge in [0, 0.05) is 17.0 Å². The number of nitrogens with one attached hydrogen (secondary N) is 1. The van der Waals surface area contributed by atoms with Crippen molar-refractivity contribution in [2.24, 2.45) is 0 Å². The van der Waals surface area contributed by atoms with Crippen LogP contribution in [0.5, 0.6) is 0 Å². The van der Waals surface area contributed by atoms with Gasteiger partial charge in [0.15, 0.2) is 0 Å². The van der Waals surface area contributed by atoms with Crippen LogP contribution in [0.1, 0.15) is 24.5 Å². The first kappa shape index (κ1) is 15.6. The lowest BCUT2D eigenvalue weighted by Crippen LogP contribution is -2.12. The van der Waals surface area contributed by atoms with E-state index in [1.54, 1.807) is 11.8 Å². The monoisotopic (exact) mass is 299 g/mol. The number of anilines is 1. The Morgan fingerprint density at radius 1 is 1.00 bits per heavy atom. The predicted octanol–water partition coefficient (Wildman–Crippen LogP) is 4.54. The number of carbonyl (C=O) groups excluding carboxylic acids is 1. The minimum absolute atomic E-state index is 0.0615. The van der Waals surface area contributed by atoms with E-state index in [2.05, 4.69) is 36.5 Å². The highest BCUT2D eigenvalue weighted by Gasteiger charge is 2.03. The van der Waals surface area contributed by atoms with Crippen molar-refractivity contribution in [3.8, 4) is 0 Å². The summed E-state index contributed by atoms with van der Waals surface area (Å²) >= 11 is 1.69. The maximum absolute atomic E-state index is 11.9. The molecule has 0 spiro atoms. The molecular weight excluding hydrogens is 278 g/mol. The van der Waals surface area contributed by atoms with Gasteiger partial charge < -0.3 is 5.32 Å². The predicted molar refractivity (Wildman–Crippen MR) is 91.0 cm³/mol. The lowest BCUT2D eigenvalue weighted by Gasteiger charge is -2.06. The van der Waals surface area contributed by atoms with Gasteiger partial charge in [-0.25, -0.2) is 0 Å². The second kappa shape index (κ2) is 7.89. The Morgan fingerprint density at radius 2 is 1.62 bits per heavy atom. The number of rotatable bonds is 6. The molecule has 2 nitrogen and oxygen atoms in total. The number of hydrogen-bond acceptors (Lipinski definition) is 2. The van der Waals surface area contributed by atoms with Gasteiger partial charge in [-0.1, -0.05) is 31.2 Å². The summed E-state index contributed by atoms with van der Waals surface area (Å²) in [7, 11) is 0. The molecule has 1 amide bonds. The summed E-state index contributed by atoms with van der Waals surface area (Å²) < 4.78 is 0. The normalized spacial score (nSPS) is 10.4. The molecule has 0 aliphatic carbocycles. The van der Waals surface area contributed by atoms with Gasteiger partial charge in [0.25, 0.3) is 0 Å². The zero-order valence-corrected chi connectivity index (χ0v) is 13.4. The van der Waals surface area contributed by atoms with E-state index in [-0.39, 0.29) is 5.91 Å². The zero-order valence-electron chi connectivity index (χ0n) is 12.6. The van der Waals surface area contributed by atoms with E-state index >= 15 is 0 Å². The van der Waals surface area contributed by atoms with Crippen LogP contribution in [0.3, 0.4) is 0 Å². The quantitative estimate of drug-likeness (QED) is 0.793. The first-order valence-electron chi connectivity index (χ1n) is 7.23. The summed E-state index contributed by atoms with van der Waals surface area (Å²) in [6.07, 6.45) is 4.37. The molecule has 0 aliphatic rings. The average molecular weight is 299 g/mol. The van der Waals surface area contributed by atoms with Crippen LogP contribution in [0.2, 0.25) is 0 Å². The van der Waals surface area contributed by atoms with Gasteiger partial charge in [-0.15, -0.1) is 11.8 Å². The highest BCUT2D eigenvalue weighted by atomic mass is 32.2. The van der Waals surface area contributed by atoms with Gasteiger partial charge in [0.05, 0.1) is 0 Å². The molecule has 2 aromatic rings. The number of carbonyl (C=O) groups is 1. The van der Waals surface area contributed by atoms with Crippen LogP contribution in [0.4, 0.5) is 5.69 Å². The molecule has 0 aliphatic heterocycles. The third kappa shape index (κ3) is 4.94. The van der Waals surface area contributed by atoms with Gasteiger partial charge >= 0.3 is 0 Å². The minimum Gasteiger partial charge on any atom is -0.326 e. The number of aryl methyl sites for hydroxylation is 2. The molecule has 21 heavy (non-hydrogen) atoms. The van der Waals surface area contributed by atoms with Crippen molar-refractivity contribution in [3.63, 3.8) is 0 Å². The zero-order chi connectivity index (χ0) is 15.1. The fourth-order valence-electron chi connectivity index (χ4n) is 2.10. The molecule has 1 N–H and O–H groups in total. The number of amides is 1. The molecule has 0 aromatic heterocycles. The molecule has 3 heteroatoms. The Hall–Kier alpha value is -1.74. The van der Waals surface area contributed by atoms with Gasteiger partial charge in [0.2, 0.25) is 5.91 Å². The second-order valence-corrected chi connectivity index (χ2v) is 5.83. The highest BCUT2D eigenvalue weighted by Crippen LogP contribution is 2.17. The van der Waals surface area contributed by atoms with Gasteiger partial charge in [-0.2, -0.15) is 0 Å². The first-order chi connectivity index (χ1) is 10.2. The largest absolute Gasteiger partial charge is 0.326 e. The molecule has 2 aromatic carbocycles. The summed E-state index contributed by atoms with van der Waals surface area (Å²) in [5.41, 5.74) is 3.40. The molecule has 110 valence electrons. The van der Waals surface area contributed by atoms with Gasteiger partial charge in [-0.3, -0.25) is 4.79 Å². The third-order valence-electron chi connectivity index (χ3n) is 3.45. The summed E-state index contributed by atoms with van der Waals surface area (Å²) in [5, 5.41) is 2.94. The fraction of sp³-hybridized carbons (Fsp3) is 0.278. The maximum atomic E-state index is 11.9. The van der Waals surface area contributed by atoms with Crippen LogP contribution in [0.15, 0.2) is 53.4 Å². The van der Waals surface area contributed by atoms with E-state index in [0.29, 0.717) is 6.42 Å². The first-order valence-corrected chi connectivity index (χ1v) is 8.45. The summed E-state index contributed by atoms with van der Waals surface area (Å²) in [5.74, 6) is 0.0615. The standard InChI is InChI=1S/C18H21NOS/c1-3-14-4-6-15(7-5-14)8-13-18(20)19-16-9-11-17(21-2)12-10-16/h4-7,9-12H,3,8,13H2,1-2H3,(H,19,20). The van der Waals surface area contributed by atoms with Crippen molar-refractivity contribution < 1.29 is 4.79 Å². The Labute approximate surface area is 131 Å². The van der Waals surface area contributed by atoms with Crippen molar-refractivity contribution in [2.45, 2.75) is 31.1 Å². The lowest BCUT2D eigenvalue weighted by molar-refractivity contribution is -0.116. The van der Waals surface area contributed by atoms with E-state index in [0.717, 1.165) is 18.5 Å². The van der Waals surface area contributed by atoms with E-state index in [1.807, 2.05) is 30.5 Å². The summed E-state index contributed by atoms with van der Waals surface area (Å²) in [6.45, 7) is 2.14. The van der Waals surface area contributed by atoms with Crippen LogP contribution < -0.4 is 5.32 Å². The molecule has 0 fully saturated rings. The van der Waals surface area contributed by atoms with Crippen molar-refractivity contribution in [2.75, 3.05) is 11.6 Å². The smallest absolute Gasteiger partial charge is 0.224 e. The minimum atomic E-state index is 0.0615. The summed E-state index contributed by atoms with van der Waals surface area (Å²) in [4.78, 5) is 13.1. The SMILES string of the molecule is CCc1ccc(CCC(=O)Nc2ccc(SC)cc2)cc1. The van der Waals surface area contributed by atoms with E-state index in [9.17, 15) is 4.79 Å². The number of hydrogen-bond donors (Lipinski definition) is 1. The Bertz CT molecular complexity index is 575. The van der Waals surface area contributed by atoms with E-state index in [4.69, 9.17) is 0 Å². The van der Waals surface area contributed by atoms with Crippen LogP contribution in [0, 0.1) is 0 Å². The molecule has 0 saturated carbocycles. The highest BCUT2D eigenvalue weighted by molar-refractivity contribution is 7.98. The van der Waals surface area contributed by atoms with Crippen LogP contribution in [-0.2, 0) is 17.6 Å². The molecule has 0 atom stereocenters. The van der Waals surface area contributed by atoms with Gasteiger partial charge in [-0.05, 0) is 54.5 Å². The molecule has 2 rings (SSSR count). The average Bonchev–Trinajstić information content (AvgIpc) is 2.54. The topological polar surface area (TPSA) is 29.1 Å².